The predicted molar refractivity (Wildman–Crippen MR) is 127 cm³/mol. The number of ether oxygens (including phenoxy) is 1. The van der Waals surface area contributed by atoms with Crippen LogP contribution in [0.3, 0.4) is 0 Å². The highest BCUT2D eigenvalue weighted by atomic mass is 16.5. The number of carbonyl (C=O) groups excluding carboxylic acids is 3. The lowest BCUT2D eigenvalue weighted by Gasteiger charge is -2.29. The number of carbonyl (C=O) groups is 3. The van der Waals surface area contributed by atoms with Crippen LogP contribution in [0.2, 0.25) is 0 Å². The van der Waals surface area contributed by atoms with Crippen molar-refractivity contribution in [2.24, 2.45) is 0 Å². The van der Waals surface area contributed by atoms with Crippen LogP contribution in [0.25, 0.3) is 0 Å². The van der Waals surface area contributed by atoms with Gasteiger partial charge in [0, 0.05) is 31.0 Å². The Labute approximate surface area is 194 Å². The average Bonchev–Trinajstić information content (AvgIpc) is 2.83. The molecule has 2 aromatic rings. The molecule has 1 aliphatic heterocycles. The quantitative estimate of drug-likeness (QED) is 0.563. The summed E-state index contributed by atoms with van der Waals surface area (Å²) in [6.45, 7) is 5.09. The van der Waals surface area contributed by atoms with Gasteiger partial charge in [-0.15, -0.1) is 0 Å². The molecule has 0 aliphatic carbocycles. The van der Waals surface area contributed by atoms with Crippen molar-refractivity contribution < 1.29 is 19.1 Å². The second-order valence-corrected chi connectivity index (χ2v) is 7.94. The lowest BCUT2D eigenvalue weighted by atomic mass is 10.2. The second-order valence-electron chi connectivity index (χ2n) is 7.94. The van der Waals surface area contributed by atoms with E-state index in [4.69, 9.17) is 4.74 Å². The Morgan fingerprint density at radius 2 is 1.70 bits per heavy atom. The van der Waals surface area contributed by atoms with Crippen molar-refractivity contribution in [3.8, 4) is 0 Å². The molecule has 0 aromatic heterocycles. The van der Waals surface area contributed by atoms with E-state index in [2.05, 4.69) is 20.9 Å². The molecule has 0 bridgehead atoms. The van der Waals surface area contributed by atoms with Gasteiger partial charge in [-0.2, -0.15) is 0 Å². The topological polar surface area (TPSA) is 103 Å². The summed E-state index contributed by atoms with van der Waals surface area (Å²) < 4.78 is 5.37. The fourth-order valence-electron chi connectivity index (χ4n) is 3.38. The molecule has 1 fully saturated rings. The monoisotopic (exact) mass is 453 g/mol. The van der Waals surface area contributed by atoms with Gasteiger partial charge in [0.05, 0.1) is 25.8 Å². The highest BCUT2D eigenvalue weighted by Crippen LogP contribution is 2.19. The molecule has 176 valence electrons. The zero-order chi connectivity index (χ0) is 23.6. The van der Waals surface area contributed by atoms with E-state index in [1.807, 2.05) is 54.6 Å². The molecular weight excluding hydrogens is 422 g/mol. The van der Waals surface area contributed by atoms with Crippen LogP contribution in [0, 0.1) is 0 Å². The summed E-state index contributed by atoms with van der Waals surface area (Å²) in [6.07, 6.45) is 0. The molecule has 1 aliphatic rings. The number of nitrogens with zero attached hydrogens (tertiary/aromatic N) is 2. The van der Waals surface area contributed by atoms with E-state index in [1.165, 1.54) is 0 Å². The van der Waals surface area contributed by atoms with Gasteiger partial charge < -0.3 is 20.3 Å². The smallest absolute Gasteiger partial charge is 0.321 e. The molecule has 4 amide bonds. The number of nitrogens with one attached hydrogen (secondary N) is 3. The third-order valence-corrected chi connectivity index (χ3v) is 5.49. The predicted octanol–water partition coefficient (Wildman–Crippen LogP) is 1.81. The molecule has 9 heteroatoms. The first-order valence-corrected chi connectivity index (χ1v) is 11.0. The summed E-state index contributed by atoms with van der Waals surface area (Å²) in [5.74, 6) is -0.726. The van der Waals surface area contributed by atoms with Crippen molar-refractivity contribution in [1.82, 2.24) is 15.5 Å². The second kappa shape index (κ2) is 12.0. The van der Waals surface area contributed by atoms with Crippen LogP contribution in [-0.4, -0.2) is 68.7 Å². The summed E-state index contributed by atoms with van der Waals surface area (Å²) in [5, 5.41) is 7.80. The number of likely N-dealkylation sites (N-methyl/N-ethyl adjacent to an activating group) is 1. The minimum Gasteiger partial charge on any atom is -0.378 e. The molecule has 0 radical (unpaired) electrons. The van der Waals surface area contributed by atoms with Gasteiger partial charge in [-0.05, 0) is 43.8 Å². The molecule has 9 nitrogen and oxygen atoms in total. The van der Waals surface area contributed by atoms with Gasteiger partial charge in [0.1, 0.15) is 0 Å². The number of anilines is 2. The number of urea groups is 1. The molecule has 1 heterocycles. The Bertz CT molecular complexity index is 930. The maximum atomic E-state index is 12.4. The number of imide groups is 1. The third kappa shape index (κ3) is 7.58. The van der Waals surface area contributed by atoms with Crippen LogP contribution in [0.4, 0.5) is 16.2 Å². The average molecular weight is 454 g/mol. The minimum absolute atomic E-state index is 0.00539. The Balaban J connectivity index is 1.41. The molecule has 0 saturated carbocycles. The molecule has 3 rings (SSSR count). The van der Waals surface area contributed by atoms with Crippen LogP contribution in [0.5, 0.6) is 0 Å². The van der Waals surface area contributed by atoms with Crippen molar-refractivity contribution in [3.63, 3.8) is 0 Å². The lowest BCUT2D eigenvalue weighted by Crippen LogP contribution is -2.49. The number of morpholine rings is 1. The van der Waals surface area contributed by atoms with Crippen LogP contribution in [0.15, 0.2) is 54.6 Å². The minimum atomic E-state index is -0.665. The maximum Gasteiger partial charge on any atom is 0.321 e. The van der Waals surface area contributed by atoms with Gasteiger partial charge >= 0.3 is 6.03 Å². The van der Waals surface area contributed by atoms with E-state index < -0.39 is 18.0 Å². The molecule has 2 aromatic carbocycles. The van der Waals surface area contributed by atoms with Crippen LogP contribution in [-0.2, 0) is 20.9 Å². The first-order chi connectivity index (χ1) is 15.9. The molecular formula is C24H31N5O4. The first kappa shape index (κ1) is 24.2. The van der Waals surface area contributed by atoms with Crippen LogP contribution < -0.4 is 20.9 Å². The van der Waals surface area contributed by atoms with Gasteiger partial charge in [0.2, 0.25) is 11.8 Å². The highest BCUT2D eigenvalue weighted by Gasteiger charge is 2.22. The van der Waals surface area contributed by atoms with E-state index in [9.17, 15) is 14.4 Å². The Morgan fingerprint density at radius 3 is 2.36 bits per heavy atom. The van der Waals surface area contributed by atoms with E-state index in [1.54, 1.807) is 18.9 Å². The lowest BCUT2D eigenvalue weighted by molar-refractivity contribution is -0.125. The summed E-state index contributed by atoms with van der Waals surface area (Å²) in [6, 6.07) is 15.8. The van der Waals surface area contributed by atoms with E-state index in [-0.39, 0.29) is 12.5 Å². The number of hydrogen-bond donors (Lipinski definition) is 3. The summed E-state index contributed by atoms with van der Waals surface area (Å²) in [5.41, 5.74) is 2.70. The van der Waals surface area contributed by atoms with Gasteiger partial charge in [-0.1, -0.05) is 30.3 Å². The molecule has 33 heavy (non-hydrogen) atoms. The standard InChI is InChI=1S/C24H31N5O4/c1-18(23(31)27-24(32)25-16-19-6-4-3-5-7-19)28(2)17-22(30)26-20-8-10-21(11-9-20)29-12-14-33-15-13-29/h3-11,18H,12-17H2,1-2H3,(H,26,30)(H2,25,27,31,32). The zero-order valence-electron chi connectivity index (χ0n) is 19.0. The number of benzene rings is 2. The van der Waals surface area contributed by atoms with Crippen molar-refractivity contribution in [2.45, 2.75) is 19.5 Å². The molecule has 0 spiro atoms. The molecule has 1 atom stereocenters. The fraction of sp³-hybridized carbons (Fsp3) is 0.375. The van der Waals surface area contributed by atoms with E-state index >= 15 is 0 Å². The fourth-order valence-corrected chi connectivity index (χ4v) is 3.38. The van der Waals surface area contributed by atoms with E-state index in [0.29, 0.717) is 25.4 Å². The molecule has 1 saturated heterocycles. The normalized spacial score (nSPS) is 14.5. The van der Waals surface area contributed by atoms with Gasteiger partial charge in [-0.25, -0.2) is 4.79 Å². The van der Waals surface area contributed by atoms with Crippen molar-refractivity contribution in [1.29, 1.82) is 0 Å². The zero-order valence-corrected chi connectivity index (χ0v) is 19.0. The summed E-state index contributed by atoms with van der Waals surface area (Å²) in [4.78, 5) is 40.6. The van der Waals surface area contributed by atoms with Crippen LogP contribution in [0.1, 0.15) is 12.5 Å². The van der Waals surface area contributed by atoms with Crippen molar-refractivity contribution in [2.75, 3.05) is 50.1 Å². The van der Waals surface area contributed by atoms with Crippen molar-refractivity contribution in [3.05, 3.63) is 60.2 Å². The van der Waals surface area contributed by atoms with Crippen LogP contribution >= 0.6 is 0 Å². The SMILES string of the molecule is CC(C(=O)NC(=O)NCc1ccccc1)N(C)CC(=O)Nc1ccc(N2CCOCC2)cc1. The summed E-state index contributed by atoms with van der Waals surface area (Å²) >= 11 is 0. The number of amides is 4. The number of rotatable bonds is 8. The Morgan fingerprint density at radius 1 is 1.03 bits per heavy atom. The molecule has 3 N–H and O–H groups in total. The van der Waals surface area contributed by atoms with Crippen molar-refractivity contribution >= 4 is 29.2 Å². The third-order valence-electron chi connectivity index (χ3n) is 5.49. The largest absolute Gasteiger partial charge is 0.378 e. The van der Waals surface area contributed by atoms with Gasteiger partial charge in [0.25, 0.3) is 0 Å². The van der Waals surface area contributed by atoms with Gasteiger partial charge in [0.15, 0.2) is 0 Å². The highest BCUT2D eigenvalue weighted by molar-refractivity contribution is 5.97. The van der Waals surface area contributed by atoms with E-state index in [0.717, 1.165) is 24.3 Å². The first-order valence-electron chi connectivity index (χ1n) is 11.0. The number of hydrogen-bond acceptors (Lipinski definition) is 6. The molecule has 1 unspecified atom stereocenters. The Kier molecular flexibility index (Phi) is 8.79. The Hall–Kier alpha value is -3.43. The van der Waals surface area contributed by atoms with Gasteiger partial charge in [-0.3, -0.25) is 19.8 Å². The summed E-state index contributed by atoms with van der Waals surface area (Å²) in [7, 11) is 1.66. The maximum absolute atomic E-state index is 12.4.